The number of morpholine rings is 1. The smallest absolute Gasteiger partial charge is 0.124 e. The van der Waals surface area contributed by atoms with Gasteiger partial charge in [0.25, 0.3) is 0 Å². The third-order valence-corrected chi connectivity index (χ3v) is 4.30. The van der Waals surface area contributed by atoms with Crippen molar-refractivity contribution < 1.29 is 13.9 Å². The molecule has 1 aliphatic heterocycles. The van der Waals surface area contributed by atoms with E-state index in [1.165, 1.54) is 12.1 Å². The van der Waals surface area contributed by atoms with Gasteiger partial charge in [0.2, 0.25) is 0 Å². The van der Waals surface area contributed by atoms with Crippen LogP contribution in [-0.4, -0.2) is 44.3 Å². The van der Waals surface area contributed by atoms with Gasteiger partial charge in [0, 0.05) is 38.3 Å². The van der Waals surface area contributed by atoms with Crippen LogP contribution in [0.1, 0.15) is 11.1 Å². The normalized spacial score (nSPS) is 15.2. The summed E-state index contributed by atoms with van der Waals surface area (Å²) in [5.41, 5.74) is 2.09. The van der Waals surface area contributed by atoms with E-state index in [9.17, 15) is 4.39 Å². The lowest BCUT2D eigenvalue weighted by Crippen LogP contribution is -2.40. The van der Waals surface area contributed by atoms with Crippen LogP contribution < -0.4 is 10.1 Å². The number of nitrogens with zero attached hydrogens (tertiary/aromatic N) is 1. The Morgan fingerprint density at radius 2 is 1.80 bits per heavy atom. The maximum absolute atomic E-state index is 13.0. The Hall–Kier alpha value is -1.95. The number of benzene rings is 2. The Balaban J connectivity index is 1.45. The zero-order chi connectivity index (χ0) is 17.3. The second-order valence-electron chi connectivity index (χ2n) is 6.15. The highest BCUT2D eigenvalue weighted by Gasteiger charge is 2.09. The Bertz CT molecular complexity index is 642. The maximum Gasteiger partial charge on any atom is 0.124 e. The van der Waals surface area contributed by atoms with E-state index in [2.05, 4.69) is 16.3 Å². The highest BCUT2D eigenvalue weighted by atomic mass is 19.1. The minimum Gasteiger partial charge on any atom is -0.489 e. The minimum absolute atomic E-state index is 0.228. The molecule has 0 unspecified atom stereocenters. The largest absolute Gasteiger partial charge is 0.489 e. The number of halogens is 1. The van der Waals surface area contributed by atoms with Gasteiger partial charge in [0.1, 0.15) is 18.2 Å². The fourth-order valence-electron chi connectivity index (χ4n) is 2.82. The molecule has 4 nitrogen and oxygen atoms in total. The van der Waals surface area contributed by atoms with Crippen molar-refractivity contribution in [1.82, 2.24) is 10.2 Å². The monoisotopic (exact) mass is 344 g/mol. The summed E-state index contributed by atoms with van der Waals surface area (Å²) in [7, 11) is 0. The number of para-hydroxylation sites is 1. The zero-order valence-corrected chi connectivity index (χ0v) is 14.4. The fourth-order valence-corrected chi connectivity index (χ4v) is 2.82. The van der Waals surface area contributed by atoms with Gasteiger partial charge in [-0.3, -0.25) is 4.90 Å². The van der Waals surface area contributed by atoms with E-state index in [0.29, 0.717) is 6.61 Å². The molecular weight excluding hydrogens is 319 g/mol. The van der Waals surface area contributed by atoms with Crippen LogP contribution in [0.5, 0.6) is 5.75 Å². The van der Waals surface area contributed by atoms with Gasteiger partial charge < -0.3 is 14.8 Å². The topological polar surface area (TPSA) is 33.7 Å². The van der Waals surface area contributed by atoms with Gasteiger partial charge in [0.15, 0.2) is 0 Å². The molecule has 25 heavy (non-hydrogen) atoms. The van der Waals surface area contributed by atoms with E-state index in [4.69, 9.17) is 9.47 Å². The molecular formula is C20H25FN2O2. The van der Waals surface area contributed by atoms with E-state index in [-0.39, 0.29) is 5.82 Å². The number of ether oxygens (including phenoxy) is 2. The maximum atomic E-state index is 13.0. The average molecular weight is 344 g/mol. The first-order chi connectivity index (χ1) is 12.3. The number of hydrogen-bond donors (Lipinski definition) is 1. The van der Waals surface area contributed by atoms with Gasteiger partial charge in [-0.1, -0.05) is 30.3 Å². The average Bonchev–Trinajstić information content (AvgIpc) is 2.66. The predicted octanol–water partition coefficient (Wildman–Crippen LogP) is 2.83. The molecule has 3 rings (SSSR count). The van der Waals surface area contributed by atoms with Gasteiger partial charge in [-0.2, -0.15) is 0 Å². The van der Waals surface area contributed by atoms with Crippen LogP contribution in [0.2, 0.25) is 0 Å². The third kappa shape index (κ3) is 5.81. The fraction of sp³-hybridized carbons (Fsp3) is 0.400. The Morgan fingerprint density at radius 3 is 2.60 bits per heavy atom. The lowest BCUT2D eigenvalue weighted by atomic mass is 10.2. The summed E-state index contributed by atoms with van der Waals surface area (Å²) in [5, 5.41) is 3.48. The number of hydrogen-bond acceptors (Lipinski definition) is 4. The summed E-state index contributed by atoms with van der Waals surface area (Å²) in [6.45, 7) is 6.86. The van der Waals surface area contributed by atoms with E-state index in [1.54, 1.807) is 12.1 Å². The summed E-state index contributed by atoms with van der Waals surface area (Å²) in [5.74, 6) is 0.638. The molecule has 1 saturated heterocycles. The summed E-state index contributed by atoms with van der Waals surface area (Å²) >= 11 is 0. The minimum atomic E-state index is -0.228. The van der Waals surface area contributed by atoms with Gasteiger partial charge in [-0.25, -0.2) is 4.39 Å². The standard InChI is InChI=1S/C20H25FN2O2/c21-19-7-5-17(6-8-19)16-25-20-4-2-1-3-18(20)15-22-9-10-23-11-13-24-14-12-23/h1-8,22H,9-16H2. The molecule has 0 aliphatic carbocycles. The Kier molecular flexibility index (Phi) is 6.79. The van der Waals surface area contributed by atoms with Crippen molar-refractivity contribution in [2.24, 2.45) is 0 Å². The summed E-state index contributed by atoms with van der Waals surface area (Å²) in [6, 6.07) is 14.4. The first-order valence-corrected chi connectivity index (χ1v) is 8.77. The van der Waals surface area contributed by atoms with Crippen LogP contribution in [0.25, 0.3) is 0 Å². The molecule has 0 atom stereocenters. The summed E-state index contributed by atoms with van der Waals surface area (Å²) < 4.78 is 24.2. The Morgan fingerprint density at radius 1 is 1.04 bits per heavy atom. The van der Waals surface area contributed by atoms with Crippen LogP contribution in [0.3, 0.4) is 0 Å². The molecule has 1 aliphatic rings. The van der Waals surface area contributed by atoms with E-state index >= 15 is 0 Å². The summed E-state index contributed by atoms with van der Waals surface area (Å²) in [4.78, 5) is 2.41. The summed E-state index contributed by atoms with van der Waals surface area (Å²) in [6.07, 6.45) is 0. The molecule has 0 spiro atoms. The first kappa shape index (κ1) is 17.9. The molecule has 1 fully saturated rings. The molecule has 1 heterocycles. The predicted molar refractivity (Wildman–Crippen MR) is 96.1 cm³/mol. The molecule has 134 valence electrons. The molecule has 5 heteroatoms. The first-order valence-electron chi connectivity index (χ1n) is 8.77. The lowest BCUT2D eigenvalue weighted by Gasteiger charge is -2.26. The molecule has 1 N–H and O–H groups in total. The molecule has 2 aromatic carbocycles. The second kappa shape index (κ2) is 9.51. The van der Waals surface area contributed by atoms with Crippen molar-refractivity contribution >= 4 is 0 Å². The van der Waals surface area contributed by atoms with Crippen molar-refractivity contribution in [1.29, 1.82) is 0 Å². The van der Waals surface area contributed by atoms with Crippen molar-refractivity contribution in [2.75, 3.05) is 39.4 Å². The number of rotatable bonds is 8. The third-order valence-electron chi connectivity index (χ3n) is 4.30. The van der Waals surface area contributed by atoms with Crippen LogP contribution in [0, 0.1) is 5.82 Å². The molecule has 0 bridgehead atoms. The second-order valence-corrected chi connectivity index (χ2v) is 6.15. The van der Waals surface area contributed by atoms with Crippen LogP contribution in [0.4, 0.5) is 4.39 Å². The van der Waals surface area contributed by atoms with Gasteiger partial charge in [0.05, 0.1) is 13.2 Å². The van der Waals surface area contributed by atoms with E-state index in [0.717, 1.165) is 62.8 Å². The Labute approximate surface area is 148 Å². The van der Waals surface area contributed by atoms with Crippen molar-refractivity contribution in [3.8, 4) is 5.75 Å². The zero-order valence-electron chi connectivity index (χ0n) is 14.4. The van der Waals surface area contributed by atoms with E-state index in [1.807, 2.05) is 18.2 Å². The molecule has 0 aromatic heterocycles. The van der Waals surface area contributed by atoms with Crippen LogP contribution in [-0.2, 0) is 17.9 Å². The van der Waals surface area contributed by atoms with Crippen molar-refractivity contribution in [2.45, 2.75) is 13.2 Å². The molecule has 2 aromatic rings. The lowest BCUT2D eigenvalue weighted by molar-refractivity contribution is 0.0384. The highest BCUT2D eigenvalue weighted by Crippen LogP contribution is 2.19. The highest BCUT2D eigenvalue weighted by molar-refractivity contribution is 5.33. The quantitative estimate of drug-likeness (QED) is 0.747. The van der Waals surface area contributed by atoms with Gasteiger partial charge in [-0.15, -0.1) is 0 Å². The van der Waals surface area contributed by atoms with Gasteiger partial charge in [-0.05, 0) is 23.8 Å². The van der Waals surface area contributed by atoms with E-state index < -0.39 is 0 Å². The SMILES string of the molecule is Fc1ccc(COc2ccccc2CNCCN2CCOCC2)cc1. The number of nitrogens with one attached hydrogen (secondary N) is 1. The van der Waals surface area contributed by atoms with Gasteiger partial charge >= 0.3 is 0 Å². The molecule has 0 radical (unpaired) electrons. The van der Waals surface area contributed by atoms with Crippen LogP contribution in [0.15, 0.2) is 48.5 Å². The van der Waals surface area contributed by atoms with Crippen LogP contribution >= 0.6 is 0 Å². The van der Waals surface area contributed by atoms with Crippen molar-refractivity contribution in [3.63, 3.8) is 0 Å². The molecule has 0 amide bonds. The van der Waals surface area contributed by atoms with Crippen molar-refractivity contribution in [3.05, 3.63) is 65.5 Å². The molecule has 0 saturated carbocycles.